The van der Waals surface area contributed by atoms with E-state index in [0.29, 0.717) is 19.3 Å². The summed E-state index contributed by atoms with van der Waals surface area (Å²) in [6.45, 7) is 2.69. The molecular formula is C18H32N6O3. The highest BCUT2D eigenvalue weighted by Gasteiger charge is 2.07. The van der Waals surface area contributed by atoms with E-state index in [4.69, 9.17) is 5.73 Å². The summed E-state index contributed by atoms with van der Waals surface area (Å²) in [6, 6.07) is 0. The van der Waals surface area contributed by atoms with Gasteiger partial charge in [0.2, 0.25) is 17.7 Å². The van der Waals surface area contributed by atoms with Gasteiger partial charge in [-0.15, -0.1) is 5.10 Å². The minimum absolute atomic E-state index is 0.166. The molecule has 0 bridgehead atoms. The number of amides is 3. The van der Waals surface area contributed by atoms with Crippen LogP contribution in [0, 0.1) is 0 Å². The smallest absolute Gasteiger partial charge is 0.239 e. The number of aryl methyl sites for hydroxylation is 2. The van der Waals surface area contributed by atoms with Crippen LogP contribution in [-0.2, 0) is 27.3 Å². The predicted octanol–water partition coefficient (Wildman–Crippen LogP) is 0.679. The molecule has 152 valence electrons. The summed E-state index contributed by atoms with van der Waals surface area (Å²) in [5, 5.41) is 13.1. The Balaban J connectivity index is 2.10. The van der Waals surface area contributed by atoms with Gasteiger partial charge in [0, 0.05) is 19.2 Å². The highest BCUT2D eigenvalue weighted by molar-refractivity contribution is 5.87. The number of hydrogen-bond acceptors (Lipinski definition) is 5. The number of nitrogens with zero attached hydrogens (tertiary/aromatic N) is 3. The van der Waals surface area contributed by atoms with E-state index in [0.717, 1.165) is 18.7 Å². The maximum absolute atomic E-state index is 11.7. The number of nitrogens with two attached hydrogens (primary N) is 1. The van der Waals surface area contributed by atoms with Crippen molar-refractivity contribution in [3.05, 3.63) is 11.9 Å². The first-order chi connectivity index (χ1) is 13.0. The Morgan fingerprint density at radius 3 is 2.44 bits per heavy atom. The van der Waals surface area contributed by atoms with Gasteiger partial charge in [-0.25, -0.2) is 0 Å². The van der Waals surface area contributed by atoms with E-state index in [1.807, 2.05) is 10.9 Å². The minimum Gasteiger partial charge on any atom is -0.368 e. The topological polar surface area (TPSA) is 132 Å². The van der Waals surface area contributed by atoms with E-state index in [1.165, 1.54) is 32.1 Å². The predicted molar refractivity (Wildman–Crippen MR) is 102 cm³/mol. The Morgan fingerprint density at radius 2 is 1.70 bits per heavy atom. The molecule has 1 aromatic heterocycles. The third kappa shape index (κ3) is 11.7. The molecule has 0 radical (unpaired) electrons. The van der Waals surface area contributed by atoms with Gasteiger partial charge in [0.15, 0.2) is 0 Å². The maximum atomic E-state index is 11.7. The van der Waals surface area contributed by atoms with Crippen molar-refractivity contribution < 1.29 is 14.4 Å². The van der Waals surface area contributed by atoms with Crippen molar-refractivity contribution in [3.8, 4) is 0 Å². The molecular weight excluding hydrogens is 348 g/mol. The number of rotatable bonds is 15. The molecule has 0 aliphatic rings. The van der Waals surface area contributed by atoms with Crippen LogP contribution in [0.3, 0.4) is 0 Å². The van der Waals surface area contributed by atoms with Gasteiger partial charge in [-0.2, -0.15) is 0 Å². The third-order valence-electron chi connectivity index (χ3n) is 4.07. The molecule has 0 fully saturated rings. The van der Waals surface area contributed by atoms with Crippen LogP contribution in [0.15, 0.2) is 6.20 Å². The van der Waals surface area contributed by atoms with Crippen LogP contribution < -0.4 is 16.4 Å². The van der Waals surface area contributed by atoms with E-state index in [-0.39, 0.29) is 19.0 Å². The maximum Gasteiger partial charge on any atom is 0.239 e. The third-order valence-corrected chi connectivity index (χ3v) is 4.07. The van der Waals surface area contributed by atoms with E-state index in [1.54, 1.807) is 0 Å². The van der Waals surface area contributed by atoms with Crippen LogP contribution in [0.2, 0.25) is 0 Å². The van der Waals surface area contributed by atoms with Crippen LogP contribution in [-0.4, -0.2) is 45.8 Å². The lowest BCUT2D eigenvalue weighted by atomic mass is 10.1. The second-order valence-electron chi connectivity index (χ2n) is 6.61. The zero-order valence-electron chi connectivity index (χ0n) is 16.2. The van der Waals surface area contributed by atoms with Crippen LogP contribution in [0.5, 0.6) is 0 Å². The number of nitrogens with one attached hydrogen (secondary N) is 2. The fourth-order valence-corrected chi connectivity index (χ4v) is 2.56. The normalized spacial score (nSPS) is 10.6. The summed E-state index contributed by atoms with van der Waals surface area (Å²) in [6.07, 6.45) is 11.0. The van der Waals surface area contributed by atoms with Crippen LogP contribution in [0.1, 0.15) is 64.0 Å². The second kappa shape index (κ2) is 13.7. The SMILES string of the molecule is CCCCCCCCn1cc(CCCC(=O)NCC(=O)NCC(N)=O)nn1. The molecule has 1 aromatic rings. The molecule has 1 rings (SSSR count). The van der Waals surface area contributed by atoms with E-state index >= 15 is 0 Å². The zero-order valence-corrected chi connectivity index (χ0v) is 16.2. The Morgan fingerprint density at radius 1 is 1.00 bits per heavy atom. The van der Waals surface area contributed by atoms with Gasteiger partial charge >= 0.3 is 0 Å². The first-order valence-corrected chi connectivity index (χ1v) is 9.72. The van der Waals surface area contributed by atoms with Crippen molar-refractivity contribution in [2.24, 2.45) is 5.73 Å². The molecule has 1 heterocycles. The molecule has 9 nitrogen and oxygen atoms in total. The van der Waals surface area contributed by atoms with Gasteiger partial charge in [-0.1, -0.05) is 44.2 Å². The summed E-state index contributed by atoms with van der Waals surface area (Å²) in [5.41, 5.74) is 5.79. The Labute approximate surface area is 160 Å². The van der Waals surface area contributed by atoms with Gasteiger partial charge in [0.05, 0.1) is 18.8 Å². The van der Waals surface area contributed by atoms with E-state index in [2.05, 4.69) is 27.9 Å². The molecule has 0 saturated carbocycles. The van der Waals surface area contributed by atoms with Gasteiger partial charge < -0.3 is 16.4 Å². The van der Waals surface area contributed by atoms with Crippen molar-refractivity contribution in [2.45, 2.75) is 71.3 Å². The van der Waals surface area contributed by atoms with E-state index < -0.39 is 11.8 Å². The van der Waals surface area contributed by atoms with Crippen molar-refractivity contribution in [1.82, 2.24) is 25.6 Å². The Hall–Kier alpha value is -2.45. The number of carbonyl (C=O) groups is 3. The molecule has 0 aliphatic heterocycles. The molecule has 0 unspecified atom stereocenters. The van der Waals surface area contributed by atoms with Crippen molar-refractivity contribution in [1.29, 1.82) is 0 Å². The fourth-order valence-electron chi connectivity index (χ4n) is 2.56. The van der Waals surface area contributed by atoms with Crippen LogP contribution >= 0.6 is 0 Å². The quantitative estimate of drug-likeness (QED) is 0.385. The van der Waals surface area contributed by atoms with Gasteiger partial charge in [0.1, 0.15) is 0 Å². The van der Waals surface area contributed by atoms with Crippen LogP contribution in [0.4, 0.5) is 0 Å². The van der Waals surface area contributed by atoms with Crippen molar-refractivity contribution in [3.63, 3.8) is 0 Å². The number of primary amides is 1. The van der Waals surface area contributed by atoms with Crippen molar-refractivity contribution >= 4 is 17.7 Å². The first kappa shape index (κ1) is 22.6. The van der Waals surface area contributed by atoms with Gasteiger partial charge in [0.25, 0.3) is 0 Å². The monoisotopic (exact) mass is 380 g/mol. The molecule has 27 heavy (non-hydrogen) atoms. The minimum atomic E-state index is -0.626. The number of hydrogen-bond donors (Lipinski definition) is 3. The Kier molecular flexibility index (Phi) is 11.5. The highest BCUT2D eigenvalue weighted by Crippen LogP contribution is 2.07. The lowest BCUT2D eigenvalue weighted by molar-refractivity contribution is -0.127. The van der Waals surface area contributed by atoms with Crippen LogP contribution in [0.25, 0.3) is 0 Å². The largest absolute Gasteiger partial charge is 0.368 e. The Bertz CT molecular complexity index is 587. The van der Waals surface area contributed by atoms with Gasteiger partial charge in [-0.3, -0.25) is 19.1 Å². The summed E-state index contributed by atoms with van der Waals surface area (Å²) in [5.74, 6) is -1.29. The van der Waals surface area contributed by atoms with Crippen molar-refractivity contribution in [2.75, 3.05) is 13.1 Å². The number of unbranched alkanes of at least 4 members (excludes halogenated alkanes) is 5. The number of aromatic nitrogens is 3. The molecule has 4 N–H and O–H groups in total. The fraction of sp³-hybridized carbons (Fsp3) is 0.722. The summed E-state index contributed by atoms with van der Waals surface area (Å²) in [7, 11) is 0. The molecule has 9 heteroatoms. The summed E-state index contributed by atoms with van der Waals surface area (Å²) >= 11 is 0. The first-order valence-electron chi connectivity index (χ1n) is 9.72. The highest BCUT2D eigenvalue weighted by atomic mass is 16.2. The molecule has 0 saturated heterocycles. The molecule has 0 atom stereocenters. The standard InChI is InChI=1S/C18H32N6O3/c1-2-3-4-5-6-7-11-24-14-15(22-23-24)9-8-10-17(26)21-13-18(27)20-12-16(19)25/h14H,2-13H2,1H3,(H2,19,25)(H,20,27)(H,21,26). The molecule has 0 aliphatic carbocycles. The molecule has 0 spiro atoms. The second-order valence-corrected chi connectivity index (χ2v) is 6.61. The average Bonchev–Trinajstić information content (AvgIpc) is 3.08. The van der Waals surface area contributed by atoms with E-state index in [9.17, 15) is 14.4 Å². The molecule has 3 amide bonds. The number of carbonyl (C=O) groups excluding carboxylic acids is 3. The molecule has 0 aromatic carbocycles. The lowest BCUT2D eigenvalue weighted by Crippen LogP contribution is -2.40. The average molecular weight is 380 g/mol. The van der Waals surface area contributed by atoms with Gasteiger partial charge in [-0.05, 0) is 19.3 Å². The summed E-state index contributed by atoms with van der Waals surface area (Å²) in [4.78, 5) is 33.6. The zero-order chi connectivity index (χ0) is 19.9. The lowest BCUT2D eigenvalue weighted by Gasteiger charge is -2.05. The summed E-state index contributed by atoms with van der Waals surface area (Å²) < 4.78 is 1.86.